The minimum Gasteiger partial charge on any atom is -0.444 e. The average molecular weight is 348 g/mol. The van der Waals surface area contributed by atoms with Gasteiger partial charge < -0.3 is 15.0 Å². The van der Waals surface area contributed by atoms with Crippen molar-refractivity contribution in [3.8, 4) is 0 Å². The van der Waals surface area contributed by atoms with Gasteiger partial charge in [-0.15, -0.1) is 0 Å². The van der Waals surface area contributed by atoms with E-state index in [0.29, 0.717) is 12.0 Å². The normalized spacial score (nSPS) is 21.3. The quantitative estimate of drug-likeness (QED) is 0.896. The van der Waals surface area contributed by atoms with Crippen molar-refractivity contribution in [2.75, 3.05) is 19.6 Å². The summed E-state index contributed by atoms with van der Waals surface area (Å²) in [7, 11) is 0. The molecular weight excluding hydrogens is 319 g/mol. The molecule has 0 saturated carbocycles. The van der Waals surface area contributed by atoms with E-state index in [9.17, 15) is 9.18 Å². The first-order valence-electron chi connectivity index (χ1n) is 9.31. The molecule has 4 nitrogen and oxygen atoms in total. The highest BCUT2D eigenvalue weighted by Crippen LogP contribution is 2.32. The number of nitrogens with zero attached hydrogens (tertiary/aromatic N) is 1. The van der Waals surface area contributed by atoms with E-state index in [1.54, 1.807) is 12.1 Å². The van der Waals surface area contributed by atoms with Crippen molar-refractivity contribution in [3.05, 3.63) is 35.1 Å². The zero-order chi connectivity index (χ0) is 18.0. The molecule has 1 aromatic carbocycles. The van der Waals surface area contributed by atoms with Crippen LogP contribution in [0.25, 0.3) is 0 Å². The number of nitrogens with one attached hydrogen (secondary N) is 1. The number of aryl methyl sites for hydroxylation is 1. The van der Waals surface area contributed by atoms with Gasteiger partial charge in [-0.3, -0.25) is 0 Å². The average Bonchev–Trinajstić information content (AvgIpc) is 2.94. The van der Waals surface area contributed by atoms with Crippen molar-refractivity contribution in [1.29, 1.82) is 0 Å². The van der Waals surface area contributed by atoms with Gasteiger partial charge in [-0.25, -0.2) is 9.18 Å². The molecule has 1 aromatic rings. The van der Waals surface area contributed by atoms with Crippen LogP contribution in [0, 0.1) is 11.7 Å². The molecule has 0 radical (unpaired) electrons. The van der Waals surface area contributed by atoms with Crippen LogP contribution in [-0.2, 0) is 11.2 Å². The van der Waals surface area contributed by atoms with Crippen molar-refractivity contribution < 1.29 is 13.9 Å². The Balaban J connectivity index is 1.44. The summed E-state index contributed by atoms with van der Waals surface area (Å²) in [6, 6.07) is 5.47. The molecule has 2 aliphatic rings. The Morgan fingerprint density at radius 2 is 2.00 bits per heavy atom. The number of rotatable bonds is 3. The molecule has 1 atom stereocenters. The highest BCUT2D eigenvalue weighted by atomic mass is 19.1. The third-order valence-electron chi connectivity index (χ3n) is 5.10. The van der Waals surface area contributed by atoms with Crippen molar-refractivity contribution in [3.63, 3.8) is 0 Å². The molecule has 1 aliphatic heterocycles. The highest BCUT2D eigenvalue weighted by Gasteiger charge is 2.28. The topological polar surface area (TPSA) is 41.6 Å². The summed E-state index contributed by atoms with van der Waals surface area (Å²) >= 11 is 0. The third kappa shape index (κ3) is 4.72. The summed E-state index contributed by atoms with van der Waals surface area (Å²) in [5.41, 5.74) is 1.94. The fraction of sp³-hybridized carbons (Fsp3) is 0.650. The lowest BCUT2D eigenvalue weighted by molar-refractivity contribution is 0.0183. The summed E-state index contributed by atoms with van der Waals surface area (Å²) in [5.74, 6) is 0.428. The fourth-order valence-electron chi connectivity index (χ4n) is 3.75. The number of hydrogen-bond donors (Lipinski definition) is 1. The van der Waals surface area contributed by atoms with Gasteiger partial charge in [0.15, 0.2) is 0 Å². The molecule has 1 amide bonds. The Morgan fingerprint density at radius 1 is 1.28 bits per heavy atom. The first-order valence-corrected chi connectivity index (χ1v) is 9.31. The Labute approximate surface area is 149 Å². The van der Waals surface area contributed by atoms with Crippen LogP contribution >= 0.6 is 0 Å². The van der Waals surface area contributed by atoms with Gasteiger partial charge in [0.25, 0.3) is 0 Å². The summed E-state index contributed by atoms with van der Waals surface area (Å²) < 4.78 is 18.8. The predicted molar refractivity (Wildman–Crippen MR) is 96.0 cm³/mol. The van der Waals surface area contributed by atoms with E-state index < -0.39 is 5.60 Å². The number of hydrogen-bond acceptors (Lipinski definition) is 3. The summed E-state index contributed by atoms with van der Waals surface area (Å²) in [6.45, 7) is 8.15. The van der Waals surface area contributed by atoms with Crippen LogP contribution in [0.4, 0.5) is 9.18 Å². The van der Waals surface area contributed by atoms with Crippen LogP contribution in [0.5, 0.6) is 0 Å². The van der Waals surface area contributed by atoms with E-state index >= 15 is 0 Å². The van der Waals surface area contributed by atoms with Gasteiger partial charge in [0.05, 0.1) is 0 Å². The van der Waals surface area contributed by atoms with Gasteiger partial charge in [0, 0.05) is 19.1 Å². The molecule has 0 bridgehead atoms. The standard InChI is InChI=1S/C20H29FN2O2/c1-20(2,3)25-19(24)23-10-8-14(9-11-23)13-22-18-7-4-15-12-16(21)5-6-17(15)18/h5-6,12,14,18,22H,4,7-11,13H2,1-3H3. The molecule has 5 heteroatoms. The smallest absolute Gasteiger partial charge is 0.410 e. The van der Waals surface area contributed by atoms with Crippen LogP contribution in [0.2, 0.25) is 0 Å². The molecule has 1 heterocycles. The third-order valence-corrected chi connectivity index (χ3v) is 5.10. The highest BCUT2D eigenvalue weighted by molar-refractivity contribution is 5.68. The van der Waals surface area contributed by atoms with E-state index in [4.69, 9.17) is 4.74 Å². The van der Waals surface area contributed by atoms with E-state index in [2.05, 4.69) is 5.32 Å². The molecule has 1 saturated heterocycles. The zero-order valence-electron chi connectivity index (χ0n) is 15.5. The van der Waals surface area contributed by atoms with E-state index in [-0.39, 0.29) is 11.9 Å². The van der Waals surface area contributed by atoms with Crippen LogP contribution < -0.4 is 5.32 Å². The minimum atomic E-state index is -0.440. The maximum Gasteiger partial charge on any atom is 0.410 e. The molecule has 1 N–H and O–H groups in total. The van der Waals surface area contributed by atoms with Crippen LogP contribution in [0.15, 0.2) is 18.2 Å². The first-order chi connectivity index (χ1) is 11.8. The Kier molecular flexibility index (Phi) is 5.32. The van der Waals surface area contributed by atoms with E-state index in [0.717, 1.165) is 50.9 Å². The Bertz CT molecular complexity index is 619. The fourth-order valence-corrected chi connectivity index (χ4v) is 3.75. The molecule has 3 rings (SSSR count). The molecule has 0 spiro atoms. The van der Waals surface area contributed by atoms with Gasteiger partial charge in [-0.2, -0.15) is 0 Å². The first kappa shape index (κ1) is 18.2. The van der Waals surface area contributed by atoms with Crippen molar-refractivity contribution in [1.82, 2.24) is 10.2 Å². The largest absolute Gasteiger partial charge is 0.444 e. The minimum absolute atomic E-state index is 0.145. The number of carbonyl (C=O) groups is 1. The molecule has 0 aromatic heterocycles. The monoisotopic (exact) mass is 348 g/mol. The van der Waals surface area contributed by atoms with Crippen LogP contribution in [0.3, 0.4) is 0 Å². The second-order valence-corrected chi connectivity index (χ2v) is 8.25. The van der Waals surface area contributed by atoms with Gasteiger partial charge >= 0.3 is 6.09 Å². The summed E-state index contributed by atoms with van der Waals surface area (Å²) in [5, 5.41) is 3.65. The SMILES string of the molecule is CC(C)(C)OC(=O)N1CCC(CNC2CCc3cc(F)ccc32)CC1. The summed E-state index contributed by atoms with van der Waals surface area (Å²) in [4.78, 5) is 13.9. The van der Waals surface area contributed by atoms with Gasteiger partial charge in [-0.05, 0) is 82.2 Å². The number of ether oxygens (including phenoxy) is 1. The number of halogens is 1. The van der Waals surface area contributed by atoms with Crippen LogP contribution in [0.1, 0.15) is 57.2 Å². The van der Waals surface area contributed by atoms with Crippen molar-refractivity contribution >= 4 is 6.09 Å². The molecule has 1 unspecified atom stereocenters. The number of benzene rings is 1. The van der Waals surface area contributed by atoms with Crippen LogP contribution in [-0.4, -0.2) is 36.2 Å². The Hall–Kier alpha value is -1.62. The van der Waals surface area contributed by atoms with Crippen molar-refractivity contribution in [2.24, 2.45) is 5.92 Å². The lowest BCUT2D eigenvalue weighted by Gasteiger charge is -2.34. The number of piperidine rings is 1. The van der Waals surface area contributed by atoms with Gasteiger partial charge in [0.2, 0.25) is 0 Å². The number of amides is 1. The second kappa shape index (κ2) is 7.32. The van der Waals surface area contributed by atoms with Crippen molar-refractivity contribution in [2.45, 2.75) is 58.1 Å². The molecule has 25 heavy (non-hydrogen) atoms. The maximum atomic E-state index is 13.3. The number of carbonyl (C=O) groups excluding carboxylic acids is 1. The predicted octanol–water partition coefficient (Wildman–Crippen LogP) is 4.05. The number of likely N-dealkylation sites (tertiary alicyclic amines) is 1. The van der Waals surface area contributed by atoms with Gasteiger partial charge in [0.1, 0.15) is 11.4 Å². The Morgan fingerprint density at radius 3 is 2.68 bits per heavy atom. The lowest BCUT2D eigenvalue weighted by Crippen LogP contribution is -2.43. The molecular formula is C20H29FN2O2. The maximum absolute atomic E-state index is 13.3. The lowest BCUT2D eigenvalue weighted by atomic mass is 9.96. The summed E-state index contributed by atoms with van der Waals surface area (Å²) in [6.07, 6.45) is 3.77. The molecule has 1 fully saturated rings. The zero-order valence-corrected chi connectivity index (χ0v) is 15.5. The number of fused-ring (bicyclic) bond motifs is 1. The van der Waals surface area contributed by atoms with Gasteiger partial charge in [-0.1, -0.05) is 6.07 Å². The molecule has 1 aliphatic carbocycles. The second-order valence-electron chi connectivity index (χ2n) is 8.25. The van der Waals surface area contributed by atoms with E-state index in [1.165, 1.54) is 5.56 Å². The van der Waals surface area contributed by atoms with E-state index in [1.807, 2.05) is 31.7 Å². The molecule has 138 valence electrons.